The van der Waals surface area contributed by atoms with Gasteiger partial charge in [0.1, 0.15) is 11.8 Å². The first-order valence-corrected chi connectivity index (χ1v) is 11.5. The second-order valence-corrected chi connectivity index (χ2v) is 8.91. The Morgan fingerprint density at radius 1 is 1.24 bits per heavy atom. The Kier molecular flexibility index (Phi) is 6.08. The summed E-state index contributed by atoms with van der Waals surface area (Å²) in [6.45, 7) is 0.356. The molecule has 0 spiro atoms. The molecule has 3 heterocycles. The number of carbonyl (C=O) groups is 1. The van der Waals surface area contributed by atoms with Gasteiger partial charge in [0, 0.05) is 37.4 Å². The van der Waals surface area contributed by atoms with Crippen LogP contribution in [-0.4, -0.2) is 49.3 Å². The highest BCUT2D eigenvalue weighted by molar-refractivity contribution is 6.02. The predicted molar refractivity (Wildman–Crippen MR) is 120 cm³/mol. The summed E-state index contributed by atoms with van der Waals surface area (Å²) in [5, 5.41) is 22.8. The number of nitrogens with zero attached hydrogens (tertiary/aromatic N) is 5. The number of amides is 1. The summed E-state index contributed by atoms with van der Waals surface area (Å²) in [5.41, 5.74) is 3.34. The van der Waals surface area contributed by atoms with Gasteiger partial charge in [-0.15, -0.1) is 5.10 Å². The van der Waals surface area contributed by atoms with Crippen LogP contribution in [-0.2, 0) is 18.4 Å². The first kappa shape index (κ1) is 21.6. The van der Waals surface area contributed by atoms with E-state index >= 15 is 0 Å². The molecule has 2 fully saturated rings. The Labute approximate surface area is 192 Å². The van der Waals surface area contributed by atoms with E-state index in [9.17, 15) is 4.79 Å². The van der Waals surface area contributed by atoms with Crippen molar-refractivity contribution in [2.75, 3.05) is 12.4 Å². The van der Waals surface area contributed by atoms with E-state index in [1.54, 1.807) is 31.1 Å². The molecule has 0 radical (unpaired) electrons. The number of hydrogen-bond donors (Lipinski definition) is 2. The third kappa shape index (κ3) is 4.61. The van der Waals surface area contributed by atoms with Crippen molar-refractivity contribution in [1.82, 2.24) is 30.2 Å². The monoisotopic (exact) mass is 451 g/mol. The highest BCUT2D eigenvalue weighted by Gasteiger charge is 2.31. The number of H-pyrrole nitrogens is 1. The number of rotatable bonds is 8. The fraction of sp³-hybridized carbons (Fsp3) is 0.522. The lowest BCUT2D eigenvalue weighted by Gasteiger charge is -2.27. The Hall–Kier alpha value is -3.27. The normalized spacial score (nSPS) is 20.5. The van der Waals surface area contributed by atoms with Crippen LogP contribution in [0.4, 0.5) is 5.82 Å². The van der Waals surface area contributed by atoms with Crippen molar-refractivity contribution < 1.29 is 14.3 Å². The number of anilines is 1. The quantitative estimate of drug-likeness (QED) is 0.539. The molecule has 174 valence electrons. The number of aromatic amines is 1. The Balaban J connectivity index is 1.19. The van der Waals surface area contributed by atoms with E-state index in [0.29, 0.717) is 41.5 Å². The number of carbonyl (C=O) groups excluding carboxylic acids is 1. The molecule has 2 atom stereocenters. The van der Waals surface area contributed by atoms with Gasteiger partial charge in [0.05, 0.1) is 18.5 Å². The van der Waals surface area contributed by atoms with Crippen LogP contribution in [0, 0.1) is 0 Å². The molecule has 0 unspecified atom stereocenters. The van der Waals surface area contributed by atoms with Gasteiger partial charge in [-0.25, -0.2) is 0 Å². The minimum absolute atomic E-state index is 0.0977. The topological polar surface area (TPSA) is 120 Å². The fourth-order valence-corrected chi connectivity index (χ4v) is 4.69. The number of aromatic nitrogens is 6. The Bertz CT molecular complexity index is 1120. The van der Waals surface area contributed by atoms with Crippen LogP contribution in [0.15, 0.2) is 24.4 Å². The minimum Gasteiger partial charge on any atom is -0.473 e. The largest absolute Gasteiger partial charge is 0.473 e. The highest BCUT2D eigenvalue weighted by atomic mass is 16.5. The van der Waals surface area contributed by atoms with Gasteiger partial charge in [-0.3, -0.25) is 14.6 Å². The first-order valence-electron chi connectivity index (χ1n) is 11.5. The number of nitrogens with one attached hydrogen (secondary N) is 2. The summed E-state index contributed by atoms with van der Waals surface area (Å²) in [7, 11) is 3.33. The Morgan fingerprint density at radius 3 is 2.91 bits per heavy atom. The summed E-state index contributed by atoms with van der Waals surface area (Å²) < 4.78 is 12.9. The number of aryl methyl sites for hydroxylation is 1. The van der Waals surface area contributed by atoms with E-state index < -0.39 is 0 Å². The summed E-state index contributed by atoms with van der Waals surface area (Å²) in [5.74, 6) is 1.77. The first-order chi connectivity index (χ1) is 16.1. The molecule has 0 aromatic carbocycles. The lowest BCUT2D eigenvalue weighted by atomic mass is 9.80. The maximum atomic E-state index is 12.7. The van der Waals surface area contributed by atoms with Crippen LogP contribution >= 0.6 is 0 Å². The van der Waals surface area contributed by atoms with E-state index in [-0.39, 0.29) is 12.0 Å². The maximum absolute atomic E-state index is 12.7. The molecule has 33 heavy (non-hydrogen) atoms. The smallest absolute Gasteiger partial charge is 0.275 e. The lowest BCUT2D eigenvalue weighted by molar-refractivity contribution is 0.101. The molecular formula is C23H29N7O3. The zero-order valence-corrected chi connectivity index (χ0v) is 19.0. The van der Waals surface area contributed by atoms with Gasteiger partial charge in [-0.2, -0.15) is 15.3 Å². The molecule has 5 rings (SSSR count). The predicted octanol–water partition coefficient (Wildman–Crippen LogP) is 3.31. The summed E-state index contributed by atoms with van der Waals surface area (Å²) in [4.78, 5) is 12.7. The van der Waals surface area contributed by atoms with Gasteiger partial charge in [0.2, 0.25) is 5.88 Å². The molecule has 10 nitrogen and oxygen atoms in total. The third-order valence-electron chi connectivity index (χ3n) is 6.66. The molecule has 10 heteroatoms. The number of methoxy groups -OCH3 is 1. The lowest BCUT2D eigenvalue weighted by Crippen LogP contribution is -2.17. The van der Waals surface area contributed by atoms with Crippen molar-refractivity contribution in [3.63, 3.8) is 0 Å². The van der Waals surface area contributed by atoms with Crippen molar-refractivity contribution in [2.24, 2.45) is 7.05 Å². The van der Waals surface area contributed by atoms with Gasteiger partial charge in [-0.05, 0) is 50.2 Å². The van der Waals surface area contributed by atoms with Gasteiger partial charge < -0.3 is 14.8 Å². The molecule has 2 saturated carbocycles. The van der Waals surface area contributed by atoms with Gasteiger partial charge in [-0.1, -0.05) is 6.42 Å². The third-order valence-corrected chi connectivity index (χ3v) is 6.66. The average Bonchev–Trinajstić information content (AvgIpc) is 3.49. The van der Waals surface area contributed by atoms with Crippen molar-refractivity contribution >= 4 is 11.7 Å². The molecule has 2 aliphatic carbocycles. The summed E-state index contributed by atoms with van der Waals surface area (Å²) in [6.07, 6.45) is 8.33. The number of hydrogen-bond acceptors (Lipinski definition) is 7. The molecule has 2 aliphatic rings. The van der Waals surface area contributed by atoms with E-state index in [4.69, 9.17) is 9.47 Å². The molecule has 2 N–H and O–H groups in total. The second-order valence-electron chi connectivity index (χ2n) is 8.91. The second kappa shape index (κ2) is 9.30. The van der Waals surface area contributed by atoms with Gasteiger partial charge in [0.25, 0.3) is 5.91 Å². The molecule has 3 aromatic heterocycles. The van der Waals surface area contributed by atoms with Crippen LogP contribution in [0.3, 0.4) is 0 Å². The van der Waals surface area contributed by atoms with E-state index in [1.165, 1.54) is 24.8 Å². The van der Waals surface area contributed by atoms with Crippen molar-refractivity contribution in [1.29, 1.82) is 0 Å². The van der Waals surface area contributed by atoms with Crippen LogP contribution in [0.1, 0.15) is 77.8 Å². The maximum Gasteiger partial charge on any atom is 0.275 e. The van der Waals surface area contributed by atoms with Crippen LogP contribution in [0.5, 0.6) is 5.88 Å². The van der Waals surface area contributed by atoms with E-state index in [1.807, 2.05) is 12.1 Å². The summed E-state index contributed by atoms with van der Waals surface area (Å²) in [6, 6.07) is 5.66. The SMILES string of the molecule is COCc1cc(C(=O)Nc2cc([C@H]3CC[C@@H](Oc4nnccc4C4CCC4)C3)[nH]n2)n(C)n1. The van der Waals surface area contributed by atoms with Crippen LogP contribution < -0.4 is 10.1 Å². The van der Waals surface area contributed by atoms with Gasteiger partial charge >= 0.3 is 0 Å². The number of ether oxygens (including phenoxy) is 2. The standard InChI is InChI=1S/C23H29N7O3/c1-30-20(11-16(29-30)13-32-2)22(31)25-21-12-19(26-27-21)15-6-7-17(10-15)33-23-18(8-9-24-28-23)14-4-3-5-14/h8-9,11-12,14-15,17H,3-7,10,13H2,1-2H3,(H2,25,26,27,31)/t15-,17+/m0/s1. The molecule has 1 amide bonds. The molecule has 3 aromatic rings. The van der Waals surface area contributed by atoms with Crippen molar-refractivity contribution in [3.8, 4) is 5.88 Å². The molecular weight excluding hydrogens is 422 g/mol. The van der Waals surface area contributed by atoms with Crippen molar-refractivity contribution in [3.05, 3.63) is 47.0 Å². The molecule has 0 saturated heterocycles. The molecule has 0 aliphatic heterocycles. The van der Waals surface area contributed by atoms with E-state index in [0.717, 1.165) is 25.0 Å². The average molecular weight is 452 g/mol. The zero-order chi connectivity index (χ0) is 22.8. The van der Waals surface area contributed by atoms with Crippen LogP contribution in [0.2, 0.25) is 0 Å². The highest BCUT2D eigenvalue weighted by Crippen LogP contribution is 2.41. The fourth-order valence-electron chi connectivity index (χ4n) is 4.69. The summed E-state index contributed by atoms with van der Waals surface area (Å²) >= 11 is 0. The van der Waals surface area contributed by atoms with Crippen LogP contribution in [0.25, 0.3) is 0 Å². The Morgan fingerprint density at radius 2 is 2.12 bits per heavy atom. The van der Waals surface area contributed by atoms with Gasteiger partial charge in [0.15, 0.2) is 5.82 Å². The van der Waals surface area contributed by atoms with Crippen molar-refractivity contribution in [2.45, 2.75) is 63.1 Å². The minimum atomic E-state index is -0.260. The zero-order valence-electron chi connectivity index (χ0n) is 19.0. The van der Waals surface area contributed by atoms with E-state index in [2.05, 4.69) is 30.8 Å². The molecule has 0 bridgehead atoms.